The molecule has 0 aliphatic carbocycles. The topological polar surface area (TPSA) is 30.0 Å². The molecule has 1 rings (SSSR count). The first kappa shape index (κ1) is 13.0. The summed E-state index contributed by atoms with van der Waals surface area (Å²) in [6, 6.07) is 1.59. The van der Waals surface area contributed by atoms with Gasteiger partial charge < -0.3 is 0 Å². The van der Waals surface area contributed by atoms with Crippen molar-refractivity contribution in [1.29, 1.82) is 0 Å². The van der Waals surface area contributed by atoms with E-state index >= 15 is 0 Å². The average molecular weight is 252 g/mol. The Kier molecular flexibility index (Phi) is 3.57. The number of carbonyl (C=O) groups excluding carboxylic acids is 1. The molecule has 1 aromatic rings. The van der Waals surface area contributed by atoms with Gasteiger partial charge in [-0.25, -0.2) is 4.98 Å². The zero-order valence-electron chi connectivity index (χ0n) is 8.65. The fraction of sp³-hybridized carbons (Fsp3) is 0.400. The van der Waals surface area contributed by atoms with Gasteiger partial charge in [-0.3, -0.25) is 4.79 Å². The van der Waals surface area contributed by atoms with E-state index in [-0.39, 0.29) is 10.7 Å². The summed E-state index contributed by atoms with van der Waals surface area (Å²) >= 11 is 5.70. The molecule has 0 saturated carbocycles. The molecule has 0 N–H and O–H groups in total. The Bertz CT molecular complexity index is 406. The standard InChI is InChI=1S/C10H9ClF3NO/c1-5-3-6(2)15-9(11)7(5)4-8(16)10(12,13)14/h3H,4H2,1-2H3. The maximum absolute atomic E-state index is 12.1. The molecular weight excluding hydrogens is 243 g/mol. The van der Waals surface area contributed by atoms with Gasteiger partial charge in [0, 0.05) is 17.7 Å². The molecule has 0 amide bonds. The van der Waals surface area contributed by atoms with E-state index in [1.165, 1.54) is 0 Å². The highest BCUT2D eigenvalue weighted by Crippen LogP contribution is 2.24. The lowest BCUT2D eigenvalue weighted by atomic mass is 10.0. The van der Waals surface area contributed by atoms with Gasteiger partial charge in [-0.05, 0) is 25.5 Å². The summed E-state index contributed by atoms with van der Waals surface area (Å²) in [4.78, 5) is 14.6. The fourth-order valence-electron chi connectivity index (χ4n) is 1.29. The van der Waals surface area contributed by atoms with E-state index in [9.17, 15) is 18.0 Å². The summed E-state index contributed by atoms with van der Waals surface area (Å²) in [7, 11) is 0. The average Bonchev–Trinajstić information content (AvgIpc) is 2.08. The van der Waals surface area contributed by atoms with Crippen molar-refractivity contribution in [2.75, 3.05) is 0 Å². The third-order valence-electron chi connectivity index (χ3n) is 2.08. The second kappa shape index (κ2) is 4.41. The van der Waals surface area contributed by atoms with Crippen molar-refractivity contribution in [3.8, 4) is 0 Å². The molecule has 0 aliphatic rings. The Hall–Kier alpha value is -1.10. The van der Waals surface area contributed by atoms with Gasteiger partial charge in [0.25, 0.3) is 0 Å². The fourth-order valence-corrected chi connectivity index (χ4v) is 1.64. The van der Waals surface area contributed by atoms with E-state index in [1.807, 2.05) is 0 Å². The van der Waals surface area contributed by atoms with E-state index in [1.54, 1.807) is 19.9 Å². The number of Topliss-reactive ketones (excluding diaryl/α,β-unsaturated/α-hetero) is 1. The Morgan fingerprint density at radius 2 is 2.00 bits per heavy atom. The number of nitrogens with zero attached hydrogens (tertiary/aromatic N) is 1. The highest BCUT2D eigenvalue weighted by molar-refractivity contribution is 6.30. The van der Waals surface area contributed by atoms with E-state index in [4.69, 9.17) is 11.6 Å². The minimum atomic E-state index is -4.83. The smallest absolute Gasteiger partial charge is 0.289 e. The third-order valence-corrected chi connectivity index (χ3v) is 2.39. The lowest BCUT2D eigenvalue weighted by molar-refractivity contribution is -0.170. The van der Waals surface area contributed by atoms with Crippen molar-refractivity contribution in [3.63, 3.8) is 0 Å². The molecule has 16 heavy (non-hydrogen) atoms. The van der Waals surface area contributed by atoms with Crippen molar-refractivity contribution in [2.24, 2.45) is 0 Å². The van der Waals surface area contributed by atoms with Crippen LogP contribution in [0.5, 0.6) is 0 Å². The summed E-state index contributed by atoms with van der Waals surface area (Å²) in [5.74, 6) is -1.82. The van der Waals surface area contributed by atoms with Crippen LogP contribution in [0.3, 0.4) is 0 Å². The largest absolute Gasteiger partial charge is 0.450 e. The lowest BCUT2D eigenvalue weighted by Crippen LogP contribution is -2.25. The minimum Gasteiger partial charge on any atom is -0.289 e. The molecule has 6 heteroatoms. The first-order chi connectivity index (χ1) is 7.21. The number of aromatic nitrogens is 1. The molecule has 0 aliphatic heterocycles. The Labute approximate surface area is 95.4 Å². The molecular formula is C10H9ClF3NO. The Morgan fingerprint density at radius 1 is 1.44 bits per heavy atom. The molecule has 1 aromatic heterocycles. The van der Waals surface area contributed by atoms with E-state index in [0.717, 1.165) is 0 Å². The predicted octanol–water partition coefficient (Wildman–Crippen LogP) is 3.03. The summed E-state index contributed by atoms with van der Waals surface area (Å²) in [6.07, 6.45) is -5.60. The SMILES string of the molecule is Cc1cc(C)c(CC(=O)C(F)(F)F)c(Cl)n1. The van der Waals surface area contributed by atoms with Gasteiger partial charge in [-0.2, -0.15) is 13.2 Å². The molecule has 2 nitrogen and oxygen atoms in total. The molecule has 0 radical (unpaired) electrons. The Balaban J connectivity index is 3.03. The molecule has 0 atom stereocenters. The molecule has 0 fully saturated rings. The van der Waals surface area contributed by atoms with Gasteiger partial charge in [0.1, 0.15) is 5.15 Å². The highest BCUT2D eigenvalue weighted by atomic mass is 35.5. The van der Waals surface area contributed by atoms with Gasteiger partial charge in [0.15, 0.2) is 0 Å². The molecule has 0 bridgehead atoms. The van der Waals surface area contributed by atoms with Crippen LogP contribution in [0, 0.1) is 13.8 Å². The lowest BCUT2D eigenvalue weighted by Gasteiger charge is -2.09. The molecule has 0 aromatic carbocycles. The maximum Gasteiger partial charge on any atom is 0.450 e. The van der Waals surface area contributed by atoms with Crippen molar-refractivity contribution < 1.29 is 18.0 Å². The van der Waals surface area contributed by atoms with Gasteiger partial charge in [0.05, 0.1) is 0 Å². The number of hydrogen-bond donors (Lipinski definition) is 0. The van der Waals surface area contributed by atoms with Crippen LogP contribution in [-0.4, -0.2) is 16.9 Å². The van der Waals surface area contributed by atoms with Gasteiger partial charge in [-0.1, -0.05) is 11.6 Å². The van der Waals surface area contributed by atoms with Crippen LogP contribution in [0.25, 0.3) is 0 Å². The van der Waals surface area contributed by atoms with Crippen molar-refractivity contribution >= 4 is 17.4 Å². The quantitative estimate of drug-likeness (QED) is 0.757. The normalized spacial score (nSPS) is 11.6. The number of hydrogen-bond acceptors (Lipinski definition) is 2. The predicted molar refractivity (Wildman–Crippen MR) is 53.5 cm³/mol. The van der Waals surface area contributed by atoms with Crippen molar-refractivity contribution in [2.45, 2.75) is 26.4 Å². The van der Waals surface area contributed by atoms with Crippen LogP contribution in [0.4, 0.5) is 13.2 Å². The molecule has 1 heterocycles. The molecule has 88 valence electrons. The summed E-state index contributed by atoms with van der Waals surface area (Å²) in [5, 5.41) is -0.0462. The molecule has 0 unspecified atom stereocenters. The molecule has 0 saturated heterocycles. The number of ketones is 1. The van der Waals surface area contributed by atoms with Crippen LogP contribution >= 0.6 is 11.6 Å². The number of halogens is 4. The number of aryl methyl sites for hydroxylation is 2. The number of carbonyl (C=O) groups is 1. The van der Waals surface area contributed by atoms with E-state index in [0.29, 0.717) is 11.3 Å². The van der Waals surface area contributed by atoms with Crippen LogP contribution < -0.4 is 0 Å². The zero-order chi connectivity index (χ0) is 12.5. The van der Waals surface area contributed by atoms with Gasteiger partial charge in [0.2, 0.25) is 5.78 Å². The van der Waals surface area contributed by atoms with Crippen LogP contribution in [0.2, 0.25) is 5.15 Å². The van der Waals surface area contributed by atoms with Crippen LogP contribution in [-0.2, 0) is 11.2 Å². The second-order valence-electron chi connectivity index (χ2n) is 3.45. The number of rotatable bonds is 2. The summed E-state index contributed by atoms with van der Waals surface area (Å²) < 4.78 is 36.2. The van der Waals surface area contributed by atoms with Crippen molar-refractivity contribution in [1.82, 2.24) is 4.98 Å². The van der Waals surface area contributed by atoms with Crippen LogP contribution in [0.1, 0.15) is 16.8 Å². The van der Waals surface area contributed by atoms with Gasteiger partial charge >= 0.3 is 6.18 Å². The van der Waals surface area contributed by atoms with Crippen LogP contribution in [0.15, 0.2) is 6.07 Å². The number of pyridine rings is 1. The third kappa shape index (κ3) is 2.95. The maximum atomic E-state index is 12.1. The summed E-state index contributed by atoms with van der Waals surface area (Å²) in [6.45, 7) is 3.27. The van der Waals surface area contributed by atoms with E-state index in [2.05, 4.69) is 4.98 Å². The van der Waals surface area contributed by atoms with Crippen molar-refractivity contribution in [3.05, 3.63) is 28.0 Å². The molecule has 0 spiro atoms. The first-order valence-electron chi connectivity index (χ1n) is 4.44. The highest BCUT2D eigenvalue weighted by Gasteiger charge is 2.38. The zero-order valence-corrected chi connectivity index (χ0v) is 9.41. The monoisotopic (exact) mass is 251 g/mol. The summed E-state index contributed by atoms with van der Waals surface area (Å²) in [5.41, 5.74) is 1.27. The number of alkyl halides is 3. The van der Waals surface area contributed by atoms with Gasteiger partial charge in [-0.15, -0.1) is 0 Å². The Morgan fingerprint density at radius 3 is 2.44 bits per heavy atom. The minimum absolute atomic E-state index is 0.0462. The first-order valence-corrected chi connectivity index (χ1v) is 4.82. The van der Waals surface area contributed by atoms with E-state index < -0.39 is 18.4 Å². The second-order valence-corrected chi connectivity index (χ2v) is 3.81.